The Bertz CT molecular complexity index is 329. The van der Waals surface area contributed by atoms with Crippen LogP contribution in [-0.4, -0.2) is 17.7 Å². The Hall–Kier alpha value is -0.0900. The van der Waals surface area contributed by atoms with Gasteiger partial charge >= 0.3 is 0 Å². The largest absolute Gasteiger partial charge is 0.285 e. The second kappa shape index (κ2) is 3.45. The Morgan fingerprint density at radius 1 is 1.13 bits per heavy atom. The Morgan fingerprint density at radius 2 is 1.60 bits per heavy atom. The average molecular weight is 232 g/mol. The summed E-state index contributed by atoms with van der Waals surface area (Å²) in [4.78, 5) is 0. The molecule has 2 unspecified atom stereocenters. The summed E-state index contributed by atoms with van der Waals surface area (Å²) in [5.41, 5.74) is 0. The van der Waals surface area contributed by atoms with E-state index in [0.29, 0.717) is 24.7 Å². The first-order valence-corrected chi connectivity index (χ1v) is 7.21. The molecule has 88 valence electrons. The minimum atomic E-state index is -3.88. The van der Waals surface area contributed by atoms with Gasteiger partial charge in [0.05, 0.1) is 4.75 Å². The van der Waals surface area contributed by atoms with Gasteiger partial charge in [-0.3, -0.25) is 4.55 Å². The topological polar surface area (TPSA) is 54.4 Å². The fourth-order valence-corrected chi connectivity index (χ4v) is 4.64. The van der Waals surface area contributed by atoms with E-state index in [4.69, 9.17) is 0 Å². The van der Waals surface area contributed by atoms with Gasteiger partial charge < -0.3 is 0 Å². The number of fused-ring (bicyclic) bond motifs is 2. The summed E-state index contributed by atoms with van der Waals surface area (Å²) in [5.74, 6) is 1.72. The molecule has 0 amide bonds. The van der Waals surface area contributed by atoms with Crippen LogP contribution in [-0.2, 0) is 10.1 Å². The first-order chi connectivity index (χ1) is 6.80. The monoisotopic (exact) mass is 232 g/mol. The van der Waals surface area contributed by atoms with E-state index in [1.807, 2.05) is 0 Å². The van der Waals surface area contributed by atoms with E-state index in [2.05, 4.69) is 6.92 Å². The lowest BCUT2D eigenvalue weighted by Gasteiger charge is -2.45. The fraction of sp³-hybridized carbons (Fsp3) is 1.00. The smallest absolute Gasteiger partial charge is 0.270 e. The zero-order valence-electron chi connectivity index (χ0n) is 9.44. The van der Waals surface area contributed by atoms with Gasteiger partial charge in [-0.25, -0.2) is 0 Å². The van der Waals surface area contributed by atoms with Crippen molar-refractivity contribution >= 4 is 10.1 Å². The summed E-state index contributed by atoms with van der Waals surface area (Å²) >= 11 is 0. The Labute approximate surface area is 92.0 Å². The van der Waals surface area contributed by atoms with Crippen LogP contribution in [0.4, 0.5) is 0 Å². The van der Waals surface area contributed by atoms with Crippen LogP contribution in [0.5, 0.6) is 0 Å². The van der Waals surface area contributed by atoms with E-state index < -0.39 is 14.9 Å². The summed E-state index contributed by atoms with van der Waals surface area (Å²) in [7, 11) is -3.88. The molecule has 0 heterocycles. The second-order valence-electron chi connectivity index (χ2n) is 5.88. The van der Waals surface area contributed by atoms with Gasteiger partial charge in [0.25, 0.3) is 10.1 Å². The standard InChI is InChI=1S/C11H20O3S/c1-8-3-9-5-10(4-8)7-11(2,6-9)15(12,13)14/h8-10H,3-7H2,1-2H3,(H,12,13,14). The normalized spacial score (nSPS) is 46.5. The van der Waals surface area contributed by atoms with Gasteiger partial charge in [-0.05, 0) is 56.8 Å². The van der Waals surface area contributed by atoms with Gasteiger partial charge in [-0.2, -0.15) is 8.42 Å². The molecule has 0 spiro atoms. The average Bonchev–Trinajstić information content (AvgIpc) is 1.97. The summed E-state index contributed by atoms with van der Waals surface area (Å²) < 4.78 is 31.2. The first kappa shape index (κ1) is 11.4. The van der Waals surface area contributed by atoms with Crippen LogP contribution in [0.1, 0.15) is 46.0 Å². The van der Waals surface area contributed by atoms with Gasteiger partial charge in [0.15, 0.2) is 0 Å². The van der Waals surface area contributed by atoms with Gasteiger partial charge in [0, 0.05) is 0 Å². The zero-order chi connectivity index (χ0) is 11.3. The van der Waals surface area contributed by atoms with Gasteiger partial charge in [-0.1, -0.05) is 6.92 Å². The SMILES string of the molecule is CC1CC2CC(C1)CC(C)(S(=O)(=O)O)C2. The molecule has 0 aromatic heterocycles. The number of hydrogen-bond donors (Lipinski definition) is 1. The van der Waals surface area contributed by atoms with E-state index in [9.17, 15) is 13.0 Å². The van der Waals surface area contributed by atoms with Crippen molar-refractivity contribution in [3.8, 4) is 0 Å². The molecule has 0 radical (unpaired) electrons. The molecule has 2 saturated carbocycles. The quantitative estimate of drug-likeness (QED) is 0.707. The number of rotatable bonds is 1. The first-order valence-electron chi connectivity index (χ1n) is 5.77. The summed E-state index contributed by atoms with van der Waals surface area (Å²) in [6, 6.07) is 0. The Kier molecular flexibility index (Phi) is 2.62. The predicted octanol–water partition coefficient (Wildman–Crippen LogP) is 2.48. The van der Waals surface area contributed by atoms with Crippen LogP contribution >= 0.6 is 0 Å². The highest BCUT2D eigenvalue weighted by atomic mass is 32.2. The highest BCUT2D eigenvalue weighted by Gasteiger charge is 2.47. The van der Waals surface area contributed by atoms with Crippen LogP contribution in [0.25, 0.3) is 0 Å². The van der Waals surface area contributed by atoms with Crippen LogP contribution in [0.15, 0.2) is 0 Å². The minimum absolute atomic E-state index is 0.499. The van der Waals surface area contributed by atoms with Crippen molar-refractivity contribution in [1.82, 2.24) is 0 Å². The van der Waals surface area contributed by atoms with Crippen molar-refractivity contribution in [3.63, 3.8) is 0 Å². The molecule has 0 aromatic carbocycles. The Balaban J connectivity index is 2.22. The Morgan fingerprint density at radius 3 is 2.00 bits per heavy atom. The van der Waals surface area contributed by atoms with Gasteiger partial charge in [0.1, 0.15) is 0 Å². The highest BCUT2D eigenvalue weighted by molar-refractivity contribution is 7.87. The summed E-state index contributed by atoms with van der Waals surface area (Å²) in [6.07, 6.45) is 4.71. The van der Waals surface area contributed by atoms with Crippen molar-refractivity contribution < 1.29 is 13.0 Å². The van der Waals surface area contributed by atoms with E-state index in [1.54, 1.807) is 6.92 Å². The van der Waals surface area contributed by atoms with Crippen molar-refractivity contribution in [3.05, 3.63) is 0 Å². The maximum Gasteiger partial charge on any atom is 0.270 e. The molecule has 0 aromatic rings. The lowest BCUT2D eigenvalue weighted by molar-refractivity contribution is 0.117. The lowest BCUT2D eigenvalue weighted by Crippen LogP contribution is -2.45. The molecule has 2 bridgehead atoms. The zero-order valence-corrected chi connectivity index (χ0v) is 10.3. The molecule has 2 atom stereocenters. The molecule has 2 rings (SSSR count). The molecule has 2 aliphatic rings. The molecular weight excluding hydrogens is 212 g/mol. The van der Waals surface area contributed by atoms with Crippen molar-refractivity contribution in [2.45, 2.75) is 50.7 Å². The van der Waals surface area contributed by atoms with Crippen molar-refractivity contribution in [1.29, 1.82) is 0 Å². The van der Waals surface area contributed by atoms with Crippen LogP contribution < -0.4 is 0 Å². The van der Waals surface area contributed by atoms with Crippen molar-refractivity contribution in [2.24, 2.45) is 17.8 Å². The third-order valence-corrected chi connectivity index (χ3v) is 5.78. The van der Waals surface area contributed by atoms with Gasteiger partial charge in [0.2, 0.25) is 0 Å². The van der Waals surface area contributed by atoms with E-state index in [0.717, 1.165) is 25.2 Å². The summed E-state index contributed by atoms with van der Waals surface area (Å²) in [6.45, 7) is 3.95. The van der Waals surface area contributed by atoms with E-state index >= 15 is 0 Å². The molecule has 4 heteroatoms. The maximum absolute atomic E-state index is 11.4. The lowest BCUT2D eigenvalue weighted by atomic mass is 9.65. The predicted molar refractivity (Wildman–Crippen MR) is 59.2 cm³/mol. The molecule has 0 saturated heterocycles. The van der Waals surface area contributed by atoms with Crippen molar-refractivity contribution in [2.75, 3.05) is 0 Å². The highest BCUT2D eigenvalue weighted by Crippen LogP contribution is 2.48. The third kappa shape index (κ3) is 2.07. The molecular formula is C11H20O3S. The van der Waals surface area contributed by atoms with Gasteiger partial charge in [-0.15, -0.1) is 0 Å². The molecule has 0 aliphatic heterocycles. The molecule has 15 heavy (non-hydrogen) atoms. The van der Waals surface area contributed by atoms with Crippen LogP contribution in [0, 0.1) is 17.8 Å². The molecule has 1 N–H and O–H groups in total. The maximum atomic E-state index is 11.4. The van der Waals surface area contributed by atoms with E-state index in [1.165, 1.54) is 0 Å². The van der Waals surface area contributed by atoms with E-state index in [-0.39, 0.29) is 0 Å². The number of hydrogen-bond acceptors (Lipinski definition) is 2. The minimum Gasteiger partial charge on any atom is -0.285 e. The van der Waals surface area contributed by atoms with Crippen LogP contribution in [0.2, 0.25) is 0 Å². The molecule has 2 fully saturated rings. The third-order valence-electron chi connectivity index (χ3n) is 4.20. The second-order valence-corrected chi connectivity index (χ2v) is 7.81. The fourth-order valence-electron chi connectivity index (χ4n) is 3.75. The van der Waals surface area contributed by atoms with Crippen LogP contribution in [0.3, 0.4) is 0 Å². The molecule has 3 nitrogen and oxygen atoms in total. The summed E-state index contributed by atoms with van der Waals surface area (Å²) in [5, 5.41) is 0. The molecule has 2 aliphatic carbocycles.